The highest BCUT2D eigenvalue weighted by atomic mass is 19.4. The van der Waals surface area contributed by atoms with Crippen LogP contribution in [-0.2, 0) is 6.18 Å². The Morgan fingerprint density at radius 1 is 1.03 bits per heavy atom. The molecule has 0 amide bonds. The van der Waals surface area contributed by atoms with Crippen molar-refractivity contribution in [1.29, 1.82) is 0 Å². The summed E-state index contributed by atoms with van der Waals surface area (Å²) in [5, 5.41) is 12.5. The Morgan fingerprint density at radius 3 is 2.45 bits per heavy atom. The van der Waals surface area contributed by atoms with Crippen LogP contribution in [0.4, 0.5) is 32.0 Å². The zero-order valence-corrected chi connectivity index (χ0v) is 20.5. The van der Waals surface area contributed by atoms with E-state index >= 15 is 0 Å². The largest absolute Gasteiger partial charge is 0.416 e. The van der Waals surface area contributed by atoms with E-state index in [0.717, 1.165) is 37.6 Å². The molecule has 0 aliphatic carbocycles. The van der Waals surface area contributed by atoms with Crippen molar-refractivity contribution in [3.63, 3.8) is 0 Å². The lowest BCUT2D eigenvalue weighted by Crippen LogP contribution is -2.59. The van der Waals surface area contributed by atoms with Crippen LogP contribution in [0.25, 0.3) is 0 Å². The second-order valence-electron chi connectivity index (χ2n) is 9.75. The van der Waals surface area contributed by atoms with E-state index in [1.807, 2.05) is 0 Å². The van der Waals surface area contributed by atoms with Crippen LogP contribution in [0.2, 0.25) is 0 Å². The molecule has 1 fully saturated rings. The average molecular weight is 539 g/mol. The van der Waals surface area contributed by atoms with Gasteiger partial charge in [-0.05, 0) is 68.9 Å². The zero-order valence-electron chi connectivity index (χ0n) is 20.5. The summed E-state index contributed by atoms with van der Waals surface area (Å²) in [5.41, 5.74) is -0.0809. The number of likely N-dealkylation sites (tertiary alicyclic amines) is 1. The van der Waals surface area contributed by atoms with Gasteiger partial charge in [0.1, 0.15) is 18.2 Å². The van der Waals surface area contributed by atoms with Gasteiger partial charge in [0.2, 0.25) is 0 Å². The Kier molecular flexibility index (Phi) is 7.03. The highest BCUT2D eigenvalue weighted by Gasteiger charge is 2.42. The first-order valence-electron chi connectivity index (χ1n) is 12.4. The molecule has 1 aromatic rings. The lowest BCUT2D eigenvalue weighted by molar-refractivity contribution is -0.137. The lowest BCUT2D eigenvalue weighted by Gasteiger charge is -2.39. The van der Waals surface area contributed by atoms with Crippen molar-refractivity contribution in [2.24, 2.45) is 4.99 Å². The van der Waals surface area contributed by atoms with Gasteiger partial charge in [-0.15, -0.1) is 0 Å². The number of allylic oxidation sites excluding steroid dienone is 4. The summed E-state index contributed by atoms with van der Waals surface area (Å²) in [5.74, 6) is 0.441. The maximum atomic E-state index is 13.7. The molecular formula is C26H28F6N6. The number of hydrogen-bond acceptors (Lipinski definition) is 6. The van der Waals surface area contributed by atoms with Crippen molar-refractivity contribution in [2.75, 3.05) is 18.4 Å². The Hall–Kier alpha value is -3.25. The zero-order chi connectivity index (χ0) is 27.1. The fourth-order valence-corrected chi connectivity index (χ4v) is 5.12. The number of fused-ring (bicyclic) bond motifs is 1. The quantitative estimate of drug-likeness (QED) is 0.421. The monoisotopic (exact) mass is 538 g/mol. The second kappa shape index (κ2) is 10.1. The molecule has 1 aromatic carbocycles. The first kappa shape index (κ1) is 26.4. The van der Waals surface area contributed by atoms with Crippen LogP contribution in [0.5, 0.6) is 0 Å². The minimum atomic E-state index is -4.51. The van der Waals surface area contributed by atoms with E-state index in [4.69, 9.17) is 4.99 Å². The van der Waals surface area contributed by atoms with Gasteiger partial charge in [0, 0.05) is 29.5 Å². The number of anilines is 1. The molecule has 4 N–H and O–H groups in total. The van der Waals surface area contributed by atoms with Gasteiger partial charge >= 0.3 is 12.4 Å². The van der Waals surface area contributed by atoms with E-state index in [2.05, 4.69) is 33.1 Å². The van der Waals surface area contributed by atoms with Gasteiger partial charge in [-0.25, -0.2) is 4.99 Å². The number of dihydropyridines is 2. The number of aliphatic imine (C=N–C) groups is 1. The Morgan fingerprint density at radius 2 is 1.79 bits per heavy atom. The summed E-state index contributed by atoms with van der Waals surface area (Å²) in [6, 6.07) is 3.91. The predicted molar refractivity (Wildman–Crippen MR) is 133 cm³/mol. The standard InChI is InChI=1S/C26H28F6N6/c1-15-4-3-13-38(15)14-21-36-23(34-17-8-6-16(7-9-17)25(27,28)29)18-10-11-20(35-24(18)37-21)22-19(26(30,31)32)5-2-12-33-22/h2,5-12,15,21-22,24,33,35,37H,3-4,13-14H2,1H3,(H,34,36)/t15-,21?,22?,24?/m1/s1. The number of halogens is 6. The molecule has 12 heteroatoms. The molecule has 0 spiro atoms. The molecule has 5 rings (SSSR count). The second-order valence-corrected chi connectivity index (χ2v) is 9.75. The Labute approximate surface area is 216 Å². The van der Waals surface area contributed by atoms with Crippen LogP contribution >= 0.6 is 0 Å². The van der Waals surface area contributed by atoms with E-state index in [0.29, 0.717) is 35.4 Å². The average Bonchev–Trinajstić information content (AvgIpc) is 3.27. The van der Waals surface area contributed by atoms with Gasteiger partial charge in [0.15, 0.2) is 0 Å². The number of rotatable bonds is 4. The van der Waals surface area contributed by atoms with Gasteiger partial charge < -0.3 is 16.0 Å². The summed E-state index contributed by atoms with van der Waals surface area (Å²) in [4.78, 5) is 7.09. The number of hydrogen-bond donors (Lipinski definition) is 4. The number of nitrogens with one attached hydrogen (secondary N) is 4. The first-order valence-corrected chi connectivity index (χ1v) is 12.4. The van der Waals surface area contributed by atoms with Crippen molar-refractivity contribution in [2.45, 2.75) is 56.5 Å². The lowest BCUT2D eigenvalue weighted by atomic mass is 9.96. The van der Waals surface area contributed by atoms with Crippen LogP contribution < -0.4 is 21.3 Å². The van der Waals surface area contributed by atoms with Crippen molar-refractivity contribution in [1.82, 2.24) is 20.9 Å². The molecule has 0 bridgehead atoms. The van der Waals surface area contributed by atoms with E-state index in [-0.39, 0.29) is 0 Å². The number of amidine groups is 1. The van der Waals surface area contributed by atoms with Crippen molar-refractivity contribution in [3.05, 3.63) is 77.2 Å². The molecule has 4 heterocycles. The summed E-state index contributed by atoms with van der Waals surface area (Å²) in [6.07, 6.45) is -0.695. The van der Waals surface area contributed by atoms with Gasteiger partial charge in [0.25, 0.3) is 0 Å². The molecule has 3 unspecified atom stereocenters. The fourth-order valence-electron chi connectivity index (χ4n) is 5.12. The first-order chi connectivity index (χ1) is 18.0. The molecule has 6 nitrogen and oxygen atoms in total. The molecule has 4 aliphatic rings. The van der Waals surface area contributed by atoms with E-state index in [1.54, 1.807) is 12.2 Å². The summed E-state index contributed by atoms with van der Waals surface area (Å²) >= 11 is 0. The van der Waals surface area contributed by atoms with Crippen LogP contribution in [0.3, 0.4) is 0 Å². The molecular weight excluding hydrogens is 510 g/mol. The van der Waals surface area contributed by atoms with Crippen molar-refractivity contribution in [3.8, 4) is 0 Å². The maximum Gasteiger partial charge on any atom is 0.416 e. The molecule has 38 heavy (non-hydrogen) atoms. The van der Waals surface area contributed by atoms with Crippen LogP contribution in [0.15, 0.2) is 76.6 Å². The summed E-state index contributed by atoms with van der Waals surface area (Å²) < 4.78 is 80.0. The predicted octanol–water partition coefficient (Wildman–Crippen LogP) is 4.64. The van der Waals surface area contributed by atoms with Crippen molar-refractivity contribution >= 4 is 11.5 Å². The Bertz CT molecular complexity index is 1190. The molecule has 204 valence electrons. The molecule has 0 aromatic heterocycles. The highest BCUT2D eigenvalue weighted by Crippen LogP contribution is 2.34. The fraction of sp³-hybridized carbons (Fsp3) is 0.423. The summed E-state index contributed by atoms with van der Waals surface area (Å²) in [6.45, 7) is 3.64. The van der Waals surface area contributed by atoms with E-state index in [9.17, 15) is 26.3 Å². The van der Waals surface area contributed by atoms with Gasteiger partial charge in [-0.1, -0.05) is 12.2 Å². The van der Waals surface area contributed by atoms with Crippen LogP contribution in [-0.4, -0.2) is 54.4 Å². The highest BCUT2D eigenvalue weighted by molar-refractivity contribution is 6.09. The Balaban J connectivity index is 1.43. The molecule has 4 aliphatic heterocycles. The maximum absolute atomic E-state index is 13.7. The molecule has 0 radical (unpaired) electrons. The van der Waals surface area contributed by atoms with Crippen LogP contribution in [0, 0.1) is 0 Å². The third kappa shape index (κ3) is 5.60. The minimum Gasteiger partial charge on any atom is -0.379 e. The smallest absolute Gasteiger partial charge is 0.379 e. The van der Waals surface area contributed by atoms with Gasteiger partial charge in [0.05, 0.1) is 17.2 Å². The third-order valence-corrected chi connectivity index (χ3v) is 7.14. The minimum absolute atomic E-state index is 0.336. The molecule has 4 atom stereocenters. The van der Waals surface area contributed by atoms with Crippen LogP contribution in [0.1, 0.15) is 25.3 Å². The topological polar surface area (TPSA) is 63.7 Å². The third-order valence-electron chi connectivity index (χ3n) is 7.14. The number of nitrogens with zero attached hydrogens (tertiary/aromatic N) is 2. The SMILES string of the molecule is C[C@@H]1CCCN1CC1N=C(Nc2ccc(C(F)(F)F)cc2)C2=CC=C(C3NC=CC=C3C(F)(F)F)NC2N1. The number of benzene rings is 1. The van der Waals surface area contributed by atoms with Crippen molar-refractivity contribution < 1.29 is 26.3 Å². The summed E-state index contributed by atoms with van der Waals surface area (Å²) in [7, 11) is 0. The van der Waals surface area contributed by atoms with E-state index in [1.165, 1.54) is 24.4 Å². The van der Waals surface area contributed by atoms with Gasteiger partial charge in [-0.2, -0.15) is 26.3 Å². The van der Waals surface area contributed by atoms with Gasteiger partial charge in [-0.3, -0.25) is 10.2 Å². The molecule has 1 saturated heterocycles. The normalized spacial score (nSPS) is 27.9. The van der Waals surface area contributed by atoms with E-state index < -0.39 is 41.9 Å². The number of alkyl halides is 6. The molecule has 0 saturated carbocycles.